The molecule has 3 aromatic rings. The van der Waals surface area contributed by atoms with Crippen LogP contribution in [0.3, 0.4) is 0 Å². The molecule has 0 radical (unpaired) electrons. The maximum Gasteiger partial charge on any atom is 0.332 e. The largest absolute Gasteiger partial charge is 0.370 e. The Hall–Kier alpha value is -2.91. The molecule has 176 valence electrons. The van der Waals surface area contributed by atoms with E-state index >= 15 is 0 Å². The molecule has 2 aliphatic heterocycles. The third-order valence-electron chi connectivity index (χ3n) is 6.99. The minimum Gasteiger partial charge on any atom is -0.370 e. The molecule has 2 aliphatic rings. The molecule has 0 spiro atoms. The van der Waals surface area contributed by atoms with Crippen LogP contribution in [0.5, 0.6) is 0 Å². The molecule has 1 N–H and O–H groups in total. The number of benzene rings is 1. The normalized spacial score (nSPS) is 19.2. The number of fused-ring (bicyclic) bond motifs is 3. The van der Waals surface area contributed by atoms with Crippen LogP contribution in [0.1, 0.15) is 19.4 Å². The molecule has 0 unspecified atom stereocenters. The topological polar surface area (TPSA) is 78.7 Å². The maximum atomic E-state index is 13.6. The number of imidazole rings is 1. The molecule has 4 heterocycles. The summed E-state index contributed by atoms with van der Waals surface area (Å²) in [6.07, 6.45) is 0.989. The standard InChI is InChI=1S/C24H32N6O3/c1-4-18-5-7-19(8-6-18)29-15-17(2)16-30-20-21(25-23(29)30)26(3)24(32)28(22(20)31)10-9-27-11-13-33-14-12-27/h5-8,17H,4,9-16H2,1-3H3/p+1/t17-/m0/s1. The number of hydrogen-bond donors (Lipinski definition) is 1. The molecule has 1 fully saturated rings. The van der Waals surface area contributed by atoms with Gasteiger partial charge in [-0.05, 0) is 30.0 Å². The van der Waals surface area contributed by atoms with Gasteiger partial charge in [0.2, 0.25) is 5.95 Å². The van der Waals surface area contributed by atoms with Crippen molar-refractivity contribution in [3.05, 3.63) is 50.7 Å². The molecule has 0 amide bonds. The molecule has 1 aromatic carbocycles. The van der Waals surface area contributed by atoms with E-state index in [0.29, 0.717) is 30.2 Å². The van der Waals surface area contributed by atoms with Crippen LogP contribution in [0.2, 0.25) is 0 Å². The van der Waals surface area contributed by atoms with E-state index in [1.165, 1.54) is 19.6 Å². The molecule has 1 saturated heterocycles. The number of hydrogen-bond acceptors (Lipinski definition) is 5. The van der Waals surface area contributed by atoms with Gasteiger partial charge in [-0.2, -0.15) is 4.98 Å². The van der Waals surface area contributed by atoms with E-state index in [1.807, 2.05) is 4.57 Å². The summed E-state index contributed by atoms with van der Waals surface area (Å²) in [5, 5.41) is 0. The predicted octanol–water partition coefficient (Wildman–Crippen LogP) is 0.162. The lowest BCUT2D eigenvalue weighted by molar-refractivity contribution is -0.908. The average Bonchev–Trinajstić information content (AvgIpc) is 3.22. The van der Waals surface area contributed by atoms with Crippen molar-refractivity contribution in [3.8, 4) is 0 Å². The third-order valence-corrected chi connectivity index (χ3v) is 6.99. The molecule has 2 aromatic heterocycles. The molecular weight excluding hydrogens is 420 g/mol. The number of morpholine rings is 1. The van der Waals surface area contributed by atoms with Crippen molar-refractivity contribution in [2.24, 2.45) is 13.0 Å². The summed E-state index contributed by atoms with van der Waals surface area (Å²) in [7, 11) is 1.71. The number of nitrogens with zero attached hydrogens (tertiary/aromatic N) is 5. The van der Waals surface area contributed by atoms with Crippen molar-refractivity contribution in [1.29, 1.82) is 0 Å². The molecule has 9 nitrogen and oxygen atoms in total. The van der Waals surface area contributed by atoms with Crippen LogP contribution in [0, 0.1) is 5.92 Å². The lowest BCUT2D eigenvalue weighted by atomic mass is 10.1. The summed E-state index contributed by atoms with van der Waals surface area (Å²) < 4.78 is 10.4. The second-order valence-corrected chi connectivity index (χ2v) is 9.34. The molecule has 33 heavy (non-hydrogen) atoms. The van der Waals surface area contributed by atoms with Gasteiger partial charge in [0, 0.05) is 25.8 Å². The Balaban J connectivity index is 1.58. The van der Waals surface area contributed by atoms with Crippen LogP contribution in [0.25, 0.3) is 11.2 Å². The fourth-order valence-electron chi connectivity index (χ4n) is 5.01. The highest BCUT2D eigenvalue weighted by Crippen LogP contribution is 2.32. The Morgan fingerprint density at radius 2 is 1.85 bits per heavy atom. The smallest absolute Gasteiger partial charge is 0.332 e. The van der Waals surface area contributed by atoms with Crippen molar-refractivity contribution >= 4 is 22.8 Å². The monoisotopic (exact) mass is 453 g/mol. The first-order chi connectivity index (χ1) is 16.0. The molecule has 1 atom stereocenters. The van der Waals surface area contributed by atoms with Gasteiger partial charge in [-0.15, -0.1) is 0 Å². The van der Waals surface area contributed by atoms with Crippen LogP contribution in [-0.4, -0.2) is 58.1 Å². The van der Waals surface area contributed by atoms with Crippen LogP contribution in [-0.2, 0) is 31.3 Å². The fraction of sp³-hybridized carbons (Fsp3) is 0.542. The number of rotatable bonds is 5. The highest BCUT2D eigenvalue weighted by atomic mass is 16.5. The first-order valence-corrected chi connectivity index (χ1v) is 12.0. The van der Waals surface area contributed by atoms with Gasteiger partial charge in [0.05, 0.1) is 26.3 Å². The Morgan fingerprint density at radius 1 is 1.12 bits per heavy atom. The maximum absolute atomic E-state index is 13.6. The summed E-state index contributed by atoms with van der Waals surface area (Å²) in [5.74, 6) is 1.07. The number of ether oxygens (including phenoxy) is 1. The predicted molar refractivity (Wildman–Crippen MR) is 128 cm³/mol. The first-order valence-electron chi connectivity index (χ1n) is 12.0. The molecular formula is C24H33N6O3+. The zero-order valence-electron chi connectivity index (χ0n) is 19.7. The molecule has 5 rings (SSSR count). The van der Waals surface area contributed by atoms with Gasteiger partial charge in [-0.1, -0.05) is 26.0 Å². The summed E-state index contributed by atoms with van der Waals surface area (Å²) in [6.45, 7) is 10.2. The van der Waals surface area contributed by atoms with Gasteiger partial charge < -0.3 is 19.1 Å². The quantitative estimate of drug-likeness (QED) is 0.596. The van der Waals surface area contributed by atoms with Crippen LogP contribution >= 0.6 is 0 Å². The van der Waals surface area contributed by atoms with Gasteiger partial charge in [0.1, 0.15) is 13.1 Å². The van der Waals surface area contributed by atoms with Gasteiger partial charge in [0.15, 0.2) is 11.2 Å². The molecule has 0 saturated carbocycles. The summed E-state index contributed by atoms with van der Waals surface area (Å²) in [5.41, 5.74) is 2.77. The van der Waals surface area contributed by atoms with E-state index in [4.69, 9.17) is 9.72 Å². The lowest BCUT2D eigenvalue weighted by Crippen LogP contribution is -3.14. The minimum atomic E-state index is -0.303. The molecule has 0 aliphatic carbocycles. The van der Waals surface area contributed by atoms with Crippen LogP contribution in [0.15, 0.2) is 33.9 Å². The van der Waals surface area contributed by atoms with Crippen LogP contribution in [0.4, 0.5) is 11.6 Å². The summed E-state index contributed by atoms with van der Waals surface area (Å²) in [4.78, 5) is 35.0. The zero-order valence-corrected chi connectivity index (χ0v) is 19.7. The zero-order chi connectivity index (χ0) is 23.1. The molecule has 9 heteroatoms. The van der Waals surface area contributed by atoms with Gasteiger partial charge in [-0.3, -0.25) is 13.9 Å². The van der Waals surface area contributed by atoms with E-state index in [9.17, 15) is 9.59 Å². The van der Waals surface area contributed by atoms with Crippen molar-refractivity contribution in [2.45, 2.75) is 33.4 Å². The number of aromatic nitrogens is 4. The van der Waals surface area contributed by atoms with E-state index in [-0.39, 0.29) is 11.2 Å². The van der Waals surface area contributed by atoms with E-state index in [0.717, 1.165) is 57.4 Å². The minimum absolute atomic E-state index is 0.241. The number of quaternary nitrogens is 1. The first kappa shape index (κ1) is 21.9. The third kappa shape index (κ3) is 3.89. The average molecular weight is 454 g/mol. The van der Waals surface area contributed by atoms with E-state index < -0.39 is 0 Å². The fourth-order valence-corrected chi connectivity index (χ4v) is 5.01. The van der Waals surface area contributed by atoms with Gasteiger partial charge in [0.25, 0.3) is 5.56 Å². The second-order valence-electron chi connectivity index (χ2n) is 9.34. The van der Waals surface area contributed by atoms with Crippen LogP contribution < -0.4 is 21.0 Å². The number of nitrogens with one attached hydrogen (secondary N) is 1. The van der Waals surface area contributed by atoms with E-state index in [2.05, 4.69) is 43.0 Å². The summed E-state index contributed by atoms with van der Waals surface area (Å²) >= 11 is 0. The van der Waals surface area contributed by atoms with Crippen molar-refractivity contribution in [1.82, 2.24) is 18.7 Å². The van der Waals surface area contributed by atoms with Gasteiger partial charge in [-0.25, -0.2) is 4.79 Å². The summed E-state index contributed by atoms with van der Waals surface area (Å²) in [6, 6.07) is 8.50. The number of aryl methyl sites for hydroxylation is 2. The highest BCUT2D eigenvalue weighted by Gasteiger charge is 2.30. The van der Waals surface area contributed by atoms with Crippen molar-refractivity contribution in [2.75, 3.05) is 44.3 Å². The van der Waals surface area contributed by atoms with E-state index in [1.54, 1.807) is 7.05 Å². The Bertz CT molecular complexity index is 1270. The lowest BCUT2D eigenvalue weighted by Gasteiger charge is -2.33. The van der Waals surface area contributed by atoms with Crippen molar-refractivity contribution in [3.63, 3.8) is 0 Å². The highest BCUT2D eigenvalue weighted by molar-refractivity contribution is 5.77. The molecule has 0 bridgehead atoms. The Labute approximate surface area is 192 Å². The SMILES string of the molecule is CCc1ccc(N2C[C@H](C)Cn3c2nc2c3c(=O)n(CC[NH+]3CCOCC3)c(=O)n2C)cc1. The van der Waals surface area contributed by atoms with Crippen molar-refractivity contribution < 1.29 is 9.64 Å². The second kappa shape index (κ2) is 8.79. The Morgan fingerprint density at radius 3 is 2.55 bits per heavy atom. The van der Waals surface area contributed by atoms with Gasteiger partial charge >= 0.3 is 5.69 Å². The Kier molecular flexibility index (Phi) is 5.84. The number of anilines is 2.